The Morgan fingerprint density at radius 2 is 1.61 bits per heavy atom. The number of nitrogens with two attached hydrogens (primary N) is 1. The number of nitrogens with zero attached hydrogens (tertiary/aromatic N) is 4. The van der Waals surface area contributed by atoms with E-state index in [-0.39, 0.29) is 15.9 Å². The van der Waals surface area contributed by atoms with Crippen LogP contribution in [0.2, 0.25) is 36.3 Å². The average molecular weight is 590 g/mol. The van der Waals surface area contributed by atoms with Crippen molar-refractivity contribution in [1.29, 1.82) is 0 Å². The smallest absolute Gasteiger partial charge is 0.351 e. The number of anilines is 1. The molecule has 3 heterocycles. The third kappa shape index (κ3) is 6.23. The van der Waals surface area contributed by atoms with Crippen molar-refractivity contribution in [1.82, 2.24) is 19.5 Å². The van der Waals surface area contributed by atoms with Gasteiger partial charge in [0, 0.05) is 0 Å². The lowest BCUT2D eigenvalue weighted by molar-refractivity contribution is -0.245. The molecule has 0 aromatic carbocycles. The normalized spacial score (nSPS) is 25.9. The summed E-state index contributed by atoms with van der Waals surface area (Å²) in [4.78, 5) is 32.1. The average Bonchev–Trinajstić information content (AvgIpc) is 3.26. The Kier molecular flexibility index (Phi) is 8.24. The molecule has 2 aromatic rings. The second-order valence-corrected chi connectivity index (χ2v) is 24.3. The third-order valence-corrected chi connectivity index (χ3v) is 17.5. The van der Waals surface area contributed by atoms with E-state index in [0.717, 1.165) is 0 Å². The summed E-state index contributed by atoms with van der Waals surface area (Å²) in [7, 11) is -9.41. The molecule has 0 spiro atoms. The number of aromatic nitrogens is 4. The van der Waals surface area contributed by atoms with Gasteiger partial charge in [-0.3, -0.25) is 9.13 Å². The third-order valence-electron chi connectivity index (χ3n) is 8.10. The second kappa shape index (κ2) is 10.00. The number of hydrogen-bond donors (Lipinski definition) is 3. The van der Waals surface area contributed by atoms with Gasteiger partial charge in [-0.1, -0.05) is 41.5 Å². The molecule has 1 fully saturated rings. The Morgan fingerprint density at radius 1 is 1.05 bits per heavy atom. The van der Waals surface area contributed by atoms with Gasteiger partial charge in [0.2, 0.25) is 0 Å². The van der Waals surface area contributed by atoms with E-state index in [2.05, 4.69) is 82.7 Å². The Hall–Kier alpha value is -1.23. The minimum absolute atomic E-state index is 0.144. The predicted molar refractivity (Wildman–Crippen MR) is 150 cm³/mol. The number of fused-ring (bicyclic) bond motifs is 1. The molecule has 0 unspecified atom stereocenters. The van der Waals surface area contributed by atoms with E-state index >= 15 is 0 Å². The molecule has 0 amide bonds. The van der Waals surface area contributed by atoms with Crippen molar-refractivity contribution in [2.45, 2.75) is 109 Å². The maximum atomic E-state index is 11.9. The van der Waals surface area contributed by atoms with E-state index in [1.54, 1.807) is 17.8 Å². The monoisotopic (exact) mass is 589 g/mol. The molecule has 2 aromatic heterocycles. The topological polar surface area (TPSA) is 164 Å². The van der Waals surface area contributed by atoms with Crippen molar-refractivity contribution in [3.05, 3.63) is 12.7 Å². The fourth-order valence-corrected chi connectivity index (χ4v) is 6.76. The fourth-order valence-electron chi connectivity index (χ4n) is 3.73. The summed E-state index contributed by atoms with van der Waals surface area (Å²) < 4.78 is 39.9. The quantitative estimate of drug-likeness (QED) is 0.291. The molecule has 4 atom stereocenters. The molecular weight excluding hydrogens is 545 g/mol. The first-order valence-corrected chi connectivity index (χ1v) is 20.3. The van der Waals surface area contributed by atoms with Crippen LogP contribution in [-0.2, 0) is 22.9 Å². The predicted octanol–water partition coefficient (Wildman–Crippen LogP) is 4.59. The molecule has 4 N–H and O–H groups in total. The summed E-state index contributed by atoms with van der Waals surface area (Å²) >= 11 is 0. The highest BCUT2D eigenvalue weighted by Crippen LogP contribution is 2.50. The zero-order valence-electron chi connectivity index (χ0n) is 24.3. The van der Waals surface area contributed by atoms with Crippen LogP contribution in [0.25, 0.3) is 11.2 Å². The fraction of sp³-hybridized carbons (Fsp3) is 0.783. The maximum Gasteiger partial charge on any atom is 0.351 e. The first kappa shape index (κ1) is 31.3. The second-order valence-electron chi connectivity index (χ2n) is 13.2. The lowest BCUT2D eigenvalue weighted by atomic mass is 10.1. The molecule has 38 heavy (non-hydrogen) atoms. The van der Waals surface area contributed by atoms with Crippen molar-refractivity contribution in [3.63, 3.8) is 0 Å². The number of hydrogen-bond acceptors (Lipinski definition) is 9. The Bertz CT molecular complexity index is 1210. The summed E-state index contributed by atoms with van der Waals surface area (Å²) in [5.74, 6) is -1.33. The summed E-state index contributed by atoms with van der Waals surface area (Å²) in [5.41, 5.74) is 6.90. The molecule has 3 rings (SSSR count). The van der Waals surface area contributed by atoms with E-state index in [1.807, 2.05) is 0 Å². The minimum Gasteiger partial charge on any atom is -0.406 e. The van der Waals surface area contributed by atoms with Crippen molar-refractivity contribution >= 4 is 41.2 Å². The first-order valence-electron chi connectivity index (χ1n) is 12.6. The highest BCUT2D eigenvalue weighted by atomic mass is 31.2. The van der Waals surface area contributed by atoms with Crippen molar-refractivity contribution in [2.75, 3.05) is 12.1 Å². The Morgan fingerprint density at radius 3 is 2.13 bits per heavy atom. The van der Waals surface area contributed by atoms with E-state index in [4.69, 9.17) is 24.1 Å². The highest BCUT2D eigenvalue weighted by Gasteiger charge is 2.60. The highest BCUT2D eigenvalue weighted by molar-refractivity contribution is 7.51. The van der Waals surface area contributed by atoms with Gasteiger partial charge < -0.3 is 33.8 Å². The van der Waals surface area contributed by atoms with Crippen molar-refractivity contribution < 1.29 is 32.7 Å². The largest absolute Gasteiger partial charge is 0.406 e. The molecule has 1 aliphatic heterocycles. The molecular formula is C23H44N5O7PSi2. The molecule has 0 aliphatic carbocycles. The molecule has 0 bridgehead atoms. The molecule has 12 nitrogen and oxygen atoms in total. The molecule has 1 saturated heterocycles. The lowest BCUT2D eigenvalue weighted by Gasteiger charge is -2.45. The van der Waals surface area contributed by atoms with E-state index in [1.165, 1.54) is 6.33 Å². The molecule has 15 heteroatoms. The van der Waals surface area contributed by atoms with Crippen LogP contribution < -0.4 is 5.73 Å². The standard InChI is InChI=1S/C23H44N5O7PSi2/c1-21(2,3)37(8,9)34-16-17(35-38(10,11)22(4,5)6)23(7,32-14-36(29,30)31)33-20(16)28-13-27-15-18(24)25-12-26-19(15)28/h12-13,16-17,20H,14H2,1-11H3,(H2,24,25,26)(H2,29,30,31)/t16-,17+,20-,23+/m1/s1. The lowest BCUT2D eigenvalue weighted by Crippen LogP contribution is -2.56. The van der Waals surface area contributed by atoms with E-state index in [9.17, 15) is 14.4 Å². The van der Waals surface area contributed by atoms with Gasteiger partial charge in [-0.2, -0.15) is 0 Å². The molecule has 0 saturated carbocycles. The number of rotatable bonds is 8. The Labute approximate surface area is 227 Å². The Balaban J connectivity index is 2.21. The molecule has 0 radical (unpaired) electrons. The van der Waals surface area contributed by atoms with E-state index in [0.29, 0.717) is 11.2 Å². The molecule has 216 valence electrons. The van der Waals surface area contributed by atoms with Crippen molar-refractivity contribution in [2.24, 2.45) is 0 Å². The first-order chi connectivity index (χ1) is 17.0. The van der Waals surface area contributed by atoms with Crippen LogP contribution in [0.4, 0.5) is 5.82 Å². The van der Waals surface area contributed by atoms with Gasteiger partial charge in [-0.05, 0) is 43.2 Å². The summed E-state index contributed by atoms with van der Waals surface area (Å²) in [6, 6.07) is 0. The summed E-state index contributed by atoms with van der Waals surface area (Å²) in [6.45, 7) is 22.9. The zero-order chi connectivity index (χ0) is 29.1. The van der Waals surface area contributed by atoms with Gasteiger partial charge in [0.25, 0.3) is 0 Å². The number of nitrogen functional groups attached to an aromatic ring is 1. The van der Waals surface area contributed by atoms with Crippen LogP contribution >= 0.6 is 7.60 Å². The molecule has 1 aliphatic rings. The van der Waals surface area contributed by atoms with Crippen molar-refractivity contribution in [3.8, 4) is 0 Å². The summed E-state index contributed by atoms with van der Waals surface area (Å²) in [6.07, 6.45) is -0.284. The van der Waals surface area contributed by atoms with Gasteiger partial charge in [-0.15, -0.1) is 0 Å². The minimum atomic E-state index is -4.52. The van der Waals surface area contributed by atoms with Crippen LogP contribution in [-0.4, -0.2) is 70.3 Å². The van der Waals surface area contributed by atoms with E-state index < -0.39 is 54.8 Å². The van der Waals surface area contributed by atoms with Gasteiger partial charge >= 0.3 is 7.60 Å². The van der Waals surface area contributed by atoms with Crippen LogP contribution in [0, 0.1) is 0 Å². The van der Waals surface area contributed by atoms with Crippen LogP contribution in [0.3, 0.4) is 0 Å². The van der Waals surface area contributed by atoms with Gasteiger partial charge in [0.1, 0.15) is 24.1 Å². The number of imidazole rings is 1. The summed E-state index contributed by atoms with van der Waals surface area (Å²) in [5, 5.41) is -0.311. The van der Waals surface area contributed by atoms with Gasteiger partial charge in [-0.25, -0.2) is 15.0 Å². The SMILES string of the molecule is CC(C)(C)[Si](C)(C)O[C@H]1[C@H](n2cnc3c(N)ncnc32)O[C@](C)(OCP(=O)(O)O)[C@H]1O[Si](C)(C)C(C)(C)C. The van der Waals surface area contributed by atoms with Crippen LogP contribution in [0.15, 0.2) is 12.7 Å². The number of ether oxygens (including phenoxy) is 2. The van der Waals surface area contributed by atoms with Gasteiger partial charge in [0.05, 0.1) is 6.33 Å². The van der Waals surface area contributed by atoms with Gasteiger partial charge in [0.15, 0.2) is 46.5 Å². The van der Waals surface area contributed by atoms with Crippen LogP contribution in [0.1, 0.15) is 54.7 Å². The van der Waals surface area contributed by atoms with Crippen LogP contribution in [0.5, 0.6) is 0 Å². The maximum absolute atomic E-state index is 11.9. The zero-order valence-corrected chi connectivity index (χ0v) is 27.2.